The van der Waals surface area contributed by atoms with Gasteiger partial charge in [-0.25, -0.2) is 9.18 Å². The van der Waals surface area contributed by atoms with Crippen molar-refractivity contribution in [3.63, 3.8) is 0 Å². The van der Waals surface area contributed by atoms with E-state index >= 15 is 0 Å². The van der Waals surface area contributed by atoms with Gasteiger partial charge in [0.05, 0.1) is 0 Å². The Morgan fingerprint density at radius 1 is 1.00 bits per heavy atom. The Bertz CT molecular complexity index is 526. The van der Waals surface area contributed by atoms with Crippen molar-refractivity contribution in [2.24, 2.45) is 0 Å². The summed E-state index contributed by atoms with van der Waals surface area (Å²) in [5, 5.41) is 9.29. The van der Waals surface area contributed by atoms with Crippen LogP contribution >= 0.6 is 0 Å². The minimum atomic E-state index is -7.64. The zero-order chi connectivity index (χ0) is 22.1. The zero-order valence-corrected chi connectivity index (χ0v) is 13.0. The van der Waals surface area contributed by atoms with Crippen molar-refractivity contribution in [2.75, 3.05) is 7.11 Å². The lowest BCUT2D eigenvalue weighted by Gasteiger charge is -2.40. The molecule has 0 amide bonds. The molecular weight excluding hydrogens is 417 g/mol. The molecule has 0 aliphatic carbocycles. The first-order valence-electron chi connectivity index (χ1n) is 6.42. The highest BCUT2D eigenvalue weighted by Gasteiger charge is 2.89. The van der Waals surface area contributed by atoms with Gasteiger partial charge in [0.1, 0.15) is 6.10 Å². The lowest BCUT2D eigenvalue weighted by Crippen LogP contribution is -2.70. The molecule has 0 bridgehead atoms. The highest BCUT2D eigenvalue weighted by Crippen LogP contribution is 2.59. The van der Waals surface area contributed by atoms with E-state index in [1.54, 1.807) is 0 Å². The number of esters is 1. The number of ether oxygens (including phenoxy) is 2. The molecule has 0 spiro atoms. The summed E-state index contributed by atoms with van der Waals surface area (Å²) in [6, 6.07) is 0. The SMILES string of the molecule is C=CC(=O)OC(OC)C(O)CC(F)(F)C(F)(F)C(F)(C(F)(F)F)C(F)(F)F. The number of aliphatic hydroxyl groups is 1. The number of alkyl halides is 11. The third-order valence-electron chi connectivity index (χ3n) is 3.08. The predicted octanol–water partition coefficient (Wildman–Crippen LogP) is 3.54. The number of hydrogen-bond donors (Lipinski definition) is 1. The summed E-state index contributed by atoms with van der Waals surface area (Å²) in [6.07, 6.45) is -23.1. The topological polar surface area (TPSA) is 55.8 Å². The quantitative estimate of drug-likeness (QED) is 0.278. The fourth-order valence-corrected chi connectivity index (χ4v) is 1.70. The van der Waals surface area contributed by atoms with Crippen LogP contribution in [0.2, 0.25) is 0 Å². The lowest BCUT2D eigenvalue weighted by atomic mass is 9.88. The summed E-state index contributed by atoms with van der Waals surface area (Å²) < 4.78 is 150. The van der Waals surface area contributed by atoms with Crippen LogP contribution in [0.1, 0.15) is 6.42 Å². The van der Waals surface area contributed by atoms with Crippen molar-refractivity contribution in [1.82, 2.24) is 0 Å². The number of aliphatic hydroxyl groups excluding tert-OH is 1. The monoisotopic (exact) mass is 428 g/mol. The number of rotatable bonds is 8. The fourth-order valence-electron chi connectivity index (χ4n) is 1.70. The molecule has 160 valence electrons. The molecule has 0 aliphatic rings. The van der Waals surface area contributed by atoms with Gasteiger partial charge in [0.25, 0.3) is 0 Å². The van der Waals surface area contributed by atoms with Gasteiger partial charge in [-0.3, -0.25) is 0 Å². The average Bonchev–Trinajstić information content (AvgIpc) is 2.48. The Hall–Kier alpha value is -1.64. The van der Waals surface area contributed by atoms with E-state index in [0.717, 1.165) is 0 Å². The van der Waals surface area contributed by atoms with Gasteiger partial charge in [0, 0.05) is 19.6 Å². The summed E-state index contributed by atoms with van der Waals surface area (Å²) >= 11 is 0. The smallest absolute Gasteiger partial charge is 0.430 e. The first-order chi connectivity index (χ1) is 11.8. The molecule has 0 saturated carbocycles. The molecule has 27 heavy (non-hydrogen) atoms. The highest BCUT2D eigenvalue weighted by atomic mass is 19.4. The number of carbonyl (C=O) groups is 1. The molecule has 0 saturated heterocycles. The van der Waals surface area contributed by atoms with Gasteiger partial charge in [-0.2, -0.15) is 43.9 Å². The van der Waals surface area contributed by atoms with Crippen LogP contribution in [-0.4, -0.2) is 60.4 Å². The van der Waals surface area contributed by atoms with Crippen LogP contribution in [0.15, 0.2) is 12.7 Å². The molecule has 1 N–H and O–H groups in total. The molecule has 0 aromatic heterocycles. The van der Waals surface area contributed by atoms with E-state index in [4.69, 9.17) is 0 Å². The molecule has 2 unspecified atom stereocenters. The first-order valence-corrected chi connectivity index (χ1v) is 6.42. The van der Waals surface area contributed by atoms with E-state index in [9.17, 15) is 58.2 Å². The van der Waals surface area contributed by atoms with Crippen molar-refractivity contribution in [2.45, 2.75) is 48.7 Å². The van der Waals surface area contributed by atoms with Crippen LogP contribution < -0.4 is 0 Å². The van der Waals surface area contributed by atoms with Crippen LogP contribution in [0, 0.1) is 0 Å². The molecule has 0 radical (unpaired) electrons. The number of carbonyl (C=O) groups excluding carboxylic acids is 1. The number of hydrogen-bond acceptors (Lipinski definition) is 4. The van der Waals surface area contributed by atoms with Gasteiger partial charge in [0.15, 0.2) is 0 Å². The molecular formula is C12H11F11O4. The maximum atomic E-state index is 13.6. The minimum Gasteiger partial charge on any atom is -0.430 e. The van der Waals surface area contributed by atoms with Crippen molar-refractivity contribution < 1.29 is 67.7 Å². The highest BCUT2D eigenvalue weighted by molar-refractivity contribution is 5.81. The van der Waals surface area contributed by atoms with Crippen LogP contribution in [0.3, 0.4) is 0 Å². The molecule has 2 atom stereocenters. The van der Waals surface area contributed by atoms with Gasteiger partial charge in [-0.15, -0.1) is 0 Å². The molecule has 15 heteroatoms. The van der Waals surface area contributed by atoms with E-state index < -0.39 is 54.7 Å². The van der Waals surface area contributed by atoms with Crippen molar-refractivity contribution in [3.05, 3.63) is 12.7 Å². The van der Waals surface area contributed by atoms with Crippen LogP contribution in [0.4, 0.5) is 48.3 Å². The summed E-state index contributed by atoms with van der Waals surface area (Å²) in [4.78, 5) is 10.8. The van der Waals surface area contributed by atoms with Gasteiger partial charge in [-0.1, -0.05) is 6.58 Å². The van der Waals surface area contributed by atoms with Crippen LogP contribution in [0.25, 0.3) is 0 Å². The fraction of sp³-hybridized carbons (Fsp3) is 0.750. The largest absolute Gasteiger partial charge is 0.438 e. The number of methoxy groups -OCH3 is 1. The minimum absolute atomic E-state index is 0.380. The van der Waals surface area contributed by atoms with Crippen molar-refractivity contribution in [1.29, 1.82) is 0 Å². The maximum Gasteiger partial charge on any atom is 0.438 e. The van der Waals surface area contributed by atoms with Gasteiger partial charge in [-0.05, 0) is 0 Å². The molecule has 0 rings (SSSR count). The second-order valence-electron chi connectivity index (χ2n) is 4.95. The molecule has 4 nitrogen and oxygen atoms in total. The molecule has 0 aromatic rings. The second-order valence-corrected chi connectivity index (χ2v) is 4.95. The average molecular weight is 428 g/mol. The summed E-state index contributed by atoms with van der Waals surface area (Å²) in [5.41, 5.74) is -7.64. The van der Waals surface area contributed by atoms with Gasteiger partial charge in [0.2, 0.25) is 6.29 Å². The first kappa shape index (κ1) is 25.4. The van der Waals surface area contributed by atoms with Gasteiger partial charge < -0.3 is 14.6 Å². The van der Waals surface area contributed by atoms with E-state index in [-0.39, 0.29) is 0 Å². The van der Waals surface area contributed by atoms with E-state index in [1.165, 1.54) is 0 Å². The maximum absolute atomic E-state index is 13.6. The third-order valence-corrected chi connectivity index (χ3v) is 3.08. The summed E-state index contributed by atoms with van der Waals surface area (Å²) in [5.74, 6) is -15.3. The Kier molecular flexibility index (Phi) is 7.30. The molecule has 0 aliphatic heterocycles. The summed E-state index contributed by atoms with van der Waals surface area (Å²) in [7, 11) is 0.561. The summed E-state index contributed by atoms with van der Waals surface area (Å²) in [6.45, 7) is 2.83. The van der Waals surface area contributed by atoms with Gasteiger partial charge >= 0.3 is 35.8 Å². The Balaban J connectivity index is 5.95. The Morgan fingerprint density at radius 2 is 1.41 bits per heavy atom. The van der Waals surface area contributed by atoms with Crippen molar-refractivity contribution >= 4 is 5.97 Å². The second kappa shape index (κ2) is 7.77. The molecule has 0 fully saturated rings. The van der Waals surface area contributed by atoms with E-state index in [1.807, 2.05) is 0 Å². The third kappa shape index (κ3) is 4.62. The Morgan fingerprint density at radius 3 is 1.70 bits per heavy atom. The van der Waals surface area contributed by atoms with Crippen LogP contribution in [0.5, 0.6) is 0 Å². The van der Waals surface area contributed by atoms with E-state index in [0.29, 0.717) is 13.2 Å². The van der Waals surface area contributed by atoms with E-state index in [2.05, 4.69) is 16.1 Å². The zero-order valence-electron chi connectivity index (χ0n) is 13.0. The Labute approximate surface area is 143 Å². The molecule has 0 aromatic carbocycles. The standard InChI is InChI=1S/C12H11F11O4/c1-3-6(25)27-7(26-2)5(24)4-8(13,14)10(16,17)9(15,11(18,19)20)12(21,22)23/h3,5,7,24H,1,4H2,2H3. The predicted molar refractivity (Wildman–Crippen MR) is 63.6 cm³/mol. The van der Waals surface area contributed by atoms with Crippen molar-refractivity contribution in [3.8, 4) is 0 Å². The lowest BCUT2D eigenvalue weighted by molar-refractivity contribution is -0.428. The van der Waals surface area contributed by atoms with Crippen LogP contribution in [-0.2, 0) is 14.3 Å². The number of halogens is 11. The molecule has 0 heterocycles. The normalized spacial score (nSPS) is 16.6.